The molecule has 2 amide bonds. The zero-order valence-electron chi connectivity index (χ0n) is 23.2. The van der Waals surface area contributed by atoms with Crippen LogP contribution in [0.4, 0.5) is 4.79 Å². The Morgan fingerprint density at radius 1 is 1.10 bits per heavy atom. The molecule has 2 aliphatic rings. The van der Waals surface area contributed by atoms with E-state index in [2.05, 4.69) is 10.5 Å². The van der Waals surface area contributed by atoms with Crippen molar-refractivity contribution >= 4 is 29.7 Å². The van der Waals surface area contributed by atoms with Gasteiger partial charge in [0, 0.05) is 11.3 Å². The highest BCUT2D eigenvalue weighted by Crippen LogP contribution is 2.42. The van der Waals surface area contributed by atoms with Gasteiger partial charge in [0.05, 0.1) is 5.21 Å². The van der Waals surface area contributed by atoms with E-state index in [0.717, 1.165) is 11.1 Å². The number of nitrogens with one attached hydrogen (secondary N) is 1. The lowest BCUT2D eigenvalue weighted by Gasteiger charge is -2.49. The lowest BCUT2D eigenvalue weighted by Crippen LogP contribution is -3.00. The first-order chi connectivity index (χ1) is 19.1. The quantitative estimate of drug-likeness (QED) is 0.163. The van der Waals surface area contributed by atoms with E-state index in [-0.39, 0.29) is 29.7 Å². The Labute approximate surface area is 260 Å². The molecule has 41 heavy (non-hydrogen) atoms. The number of carbonyl (C=O) groups is 3. The van der Waals surface area contributed by atoms with Crippen molar-refractivity contribution in [2.75, 3.05) is 5.75 Å². The molecule has 1 N–H and O–H groups in total. The zero-order chi connectivity index (χ0) is 28.4. The predicted octanol–water partition coefficient (Wildman–Crippen LogP) is 0.107. The molecule has 1 fully saturated rings. The molecule has 3 aromatic rings. The number of rotatable bonds is 7. The van der Waals surface area contributed by atoms with Gasteiger partial charge in [0.1, 0.15) is 36.3 Å². The van der Waals surface area contributed by atoms with Crippen molar-refractivity contribution in [1.82, 2.24) is 20.1 Å². The van der Waals surface area contributed by atoms with Crippen LogP contribution in [0.1, 0.15) is 38.0 Å². The molecule has 0 radical (unpaired) electrons. The second-order valence-corrected chi connectivity index (χ2v) is 11.8. The number of aryl methyl sites for hydroxylation is 1. The third kappa shape index (κ3) is 6.92. The van der Waals surface area contributed by atoms with E-state index in [0.29, 0.717) is 17.9 Å². The summed E-state index contributed by atoms with van der Waals surface area (Å²) in [5.74, 6) is -0.552. The Morgan fingerprint density at radius 2 is 1.71 bits per heavy atom. The lowest BCUT2D eigenvalue weighted by molar-refractivity contribution is -0.732. The van der Waals surface area contributed by atoms with Gasteiger partial charge >= 0.3 is 12.1 Å². The molecule has 2 aliphatic heterocycles. The number of halogens is 1. The van der Waals surface area contributed by atoms with Crippen molar-refractivity contribution in [1.29, 1.82) is 0 Å². The van der Waals surface area contributed by atoms with Gasteiger partial charge in [0.2, 0.25) is 0 Å². The summed E-state index contributed by atoms with van der Waals surface area (Å²) in [4.78, 5) is 41.3. The van der Waals surface area contributed by atoms with Crippen LogP contribution < -0.4 is 34.0 Å². The first kappa shape index (κ1) is 30.6. The molecule has 2 atom stereocenters. The van der Waals surface area contributed by atoms with Gasteiger partial charge in [-0.25, -0.2) is 9.59 Å². The summed E-state index contributed by atoms with van der Waals surface area (Å²) in [6.45, 7) is 5.57. The number of alkyl carbamates (subject to hydrolysis) is 1. The van der Waals surface area contributed by atoms with E-state index < -0.39 is 41.1 Å². The molecule has 0 aliphatic carbocycles. The summed E-state index contributed by atoms with van der Waals surface area (Å²) in [6, 6.07) is 18.2. The number of thioether (sulfide) groups is 1. The molecule has 2 aromatic carbocycles. The average Bonchev–Trinajstić information content (AvgIpc) is 3.34. The van der Waals surface area contributed by atoms with Gasteiger partial charge in [-0.1, -0.05) is 60.7 Å². The van der Waals surface area contributed by atoms with Crippen molar-refractivity contribution in [3.63, 3.8) is 0 Å². The van der Waals surface area contributed by atoms with Crippen molar-refractivity contribution in [3.05, 3.63) is 95.5 Å². The molecule has 12 heteroatoms. The Morgan fingerprint density at radius 3 is 2.24 bits per heavy atom. The molecule has 10 nitrogen and oxygen atoms in total. The van der Waals surface area contributed by atoms with Crippen LogP contribution in [-0.2, 0) is 32.7 Å². The number of hydrogen-bond acceptors (Lipinski definition) is 7. The van der Waals surface area contributed by atoms with Crippen molar-refractivity contribution < 1.29 is 52.5 Å². The molecule has 0 unspecified atom stereocenters. The van der Waals surface area contributed by atoms with Crippen molar-refractivity contribution in [2.24, 2.45) is 7.05 Å². The van der Waals surface area contributed by atoms with Gasteiger partial charge in [0.25, 0.3) is 5.91 Å². The number of carbonyl (C=O) groups excluding carboxylic acids is 3. The third-order valence-electron chi connectivity index (χ3n) is 6.41. The van der Waals surface area contributed by atoms with Crippen molar-refractivity contribution in [2.45, 2.75) is 50.4 Å². The molecule has 0 spiro atoms. The van der Waals surface area contributed by atoms with E-state index >= 15 is 0 Å². The van der Waals surface area contributed by atoms with E-state index in [4.69, 9.17) is 9.47 Å². The molecule has 1 aromatic heterocycles. The van der Waals surface area contributed by atoms with Crippen LogP contribution in [0.15, 0.2) is 84.3 Å². The highest BCUT2D eigenvalue weighted by Gasteiger charge is 2.55. The van der Waals surface area contributed by atoms with E-state index in [1.165, 1.54) is 16.7 Å². The normalized spacial score (nSPS) is 18.3. The topological polar surface area (TPSA) is 107 Å². The van der Waals surface area contributed by atoms with Crippen LogP contribution in [0.3, 0.4) is 0 Å². The van der Waals surface area contributed by atoms with Crippen LogP contribution in [0.25, 0.3) is 0 Å². The number of benzene rings is 2. The van der Waals surface area contributed by atoms with Crippen LogP contribution in [0, 0.1) is 0 Å². The number of esters is 1. The number of amides is 2. The van der Waals surface area contributed by atoms with Crippen LogP contribution in [-0.4, -0.2) is 55.5 Å². The Kier molecular flexibility index (Phi) is 9.42. The minimum atomic E-state index is -0.814. The molecular weight excluding hydrogens is 657 g/mol. The standard InChI is InChI=1S/C29H31N5O5S.HI/c1-29(2,3)39-28(37)30-22-25(35)34-23(21(18-40-26(22)34)17-33-16-15-32(4)31-33)27(36)38-24(19-11-7-5-8-12-19)20-13-9-6-10-14-20;/h5-16,22,24,26H,17-18H2,1-4H3;1H/t22-,26-;/m1./s1. The molecule has 0 bridgehead atoms. The minimum Gasteiger partial charge on any atom is -1.00 e. The number of fused-ring (bicyclic) bond motifs is 1. The zero-order valence-corrected chi connectivity index (χ0v) is 26.2. The maximum absolute atomic E-state index is 14.0. The fraction of sp³-hybridized carbons (Fsp3) is 0.345. The highest BCUT2D eigenvalue weighted by atomic mass is 127. The lowest BCUT2D eigenvalue weighted by atomic mass is 10.0. The summed E-state index contributed by atoms with van der Waals surface area (Å²) in [5, 5.41) is 6.59. The Bertz CT molecular complexity index is 1400. The second kappa shape index (κ2) is 12.6. The average molecular weight is 690 g/mol. The molecule has 3 heterocycles. The Hall–Kier alpha value is -3.39. The van der Waals surface area contributed by atoms with E-state index in [1.54, 1.807) is 42.5 Å². The fourth-order valence-corrected chi connectivity index (χ4v) is 6.00. The predicted molar refractivity (Wildman–Crippen MR) is 147 cm³/mol. The maximum Gasteiger partial charge on any atom is 0.408 e. The number of nitrogens with zero attached hydrogens (tertiary/aromatic N) is 4. The van der Waals surface area contributed by atoms with E-state index in [9.17, 15) is 14.4 Å². The van der Waals surface area contributed by atoms with Gasteiger partial charge < -0.3 is 38.8 Å². The Balaban J connectivity index is 0.00000387. The van der Waals surface area contributed by atoms with Crippen LogP contribution >= 0.6 is 11.8 Å². The SMILES string of the molecule is C[n+]1ccn(CC2=C(C(=O)OC(c3ccccc3)c3ccccc3)N3C(=O)[C@@H](NC(=O)OC(C)(C)C)[C@H]3SC2)n1.[I-]. The first-order valence-electron chi connectivity index (χ1n) is 13.0. The number of hydrogen-bond donors (Lipinski definition) is 1. The molecule has 0 saturated carbocycles. The number of aromatic nitrogens is 3. The van der Waals surface area contributed by atoms with E-state index in [1.807, 2.05) is 67.7 Å². The summed E-state index contributed by atoms with van der Waals surface area (Å²) < 4.78 is 14.9. The van der Waals surface area contributed by atoms with Gasteiger partial charge in [-0.15, -0.1) is 21.1 Å². The summed E-state index contributed by atoms with van der Waals surface area (Å²) >= 11 is 1.47. The third-order valence-corrected chi connectivity index (χ3v) is 7.75. The monoisotopic (exact) mass is 689 g/mol. The summed E-state index contributed by atoms with van der Waals surface area (Å²) in [5.41, 5.74) is 1.81. The highest BCUT2D eigenvalue weighted by molar-refractivity contribution is 8.00. The van der Waals surface area contributed by atoms with Gasteiger partial charge in [-0.05, 0) is 31.9 Å². The van der Waals surface area contributed by atoms with Gasteiger partial charge in [-0.2, -0.15) is 0 Å². The summed E-state index contributed by atoms with van der Waals surface area (Å²) in [6.07, 6.45) is 2.25. The second-order valence-electron chi connectivity index (χ2n) is 10.7. The number of ether oxygens (including phenoxy) is 2. The minimum absolute atomic E-state index is 0. The van der Waals surface area contributed by atoms with Crippen LogP contribution in [0.2, 0.25) is 0 Å². The maximum atomic E-state index is 14.0. The number of β-lactam (4-membered cyclic amide) rings is 1. The smallest absolute Gasteiger partial charge is 0.408 e. The largest absolute Gasteiger partial charge is 1.00 e. The molecule has 1 saturated heterocycles. The molecular formula is C29H32IN5O5S. The van der Waals surface area contributed by atoms with Crippen LogP contribution in [0.5, 0.6) is 0 Å². The van der Waals surface area contributed by atoms with Crippen molar-refractivity contribution in [3.8, 4) is 0 Å². The van der Waals surface area contributed by atoms with Gasteiger partial charge in [0.15, 0.2) is 18.5 Å². The molecule has 5 rings (SSSR count). The molecule has 216 valence electrons. The first-order valence-corrected chi connectivity index (χ1v) is 14.0. The fourth-order valence-electron chi connectivity index (χ4n) is 4.67. The van der Waals surface area contributed by atoms with Gasteiger partial charge in [-0.3, -0.25) is 9.69 Å². The summed E-state index contributed by atoms with van der Waals surface area (Å²) in [7, 11) is 1.81.